The molecule has 5 heteroatoms. The van der Waals surface area contributed by atoms with Gasteiger partial charge in [-0.25, -0.2) is 9.59 Å². The molecule has 2 rings (SSSR count). The summed E-state index contributed by atoms with van der Waals surface area (Å²) in [5.74, 6) is -0.337. The van der Waals surface area contributed by atoms with Gasteiger partial charge in [0.1, 0.15) is 0 Å². The standard InChI is InChI=1S/C14H18N2O3/c1-2-9-19-13(17)10-3-5-11(6-4-10)15-14(18)16-12-7-8-12/h3-6,12H,2,7-9H2,1H3,(H2,15,16,18). The number of anilines is 1. The molecule has 102 valence electrons. The van der Waals surface area contributed by atoms with E-state index in [-0.39, 0.29) is 12.0 Å². The lowest BCUT2D eigenvalue weighted by atomic mass is 10.2. The van der Waals surface area contributed by atoms with E-state index in [1.807, 2.05) is 6.92 Å². The molecule has 1 aliphatic carbocycles. The predicted octanol–water partition coefficient (Wildman–Crippen LogP) is 2.54. The predicted molar refractivity (Wildman–Crippen MR) is 72.2 cm³/mol. The Bertz CT molecular complexity index is 452. The second kappa shape index (κ2) is 6.22. The summed E-state index contributed by atoms with van der Waals surface area (Å²) in [5.41, 5.74) is 1.15. The summed E-state index contributed by atoms with van der Waals surface area (Å²) in [6, 6.07) is 6.78. The highest BCUT2D eigenvalue weighted by Crippen LogP contribution is 2.19. The third kappa shape index (κ3) is 4.28. The molecular formula is C14H18N2O3. The molecule has 1 aliphatic rings. The van der Waals surface area contributed by atoms with Crippen LogP contribution in [0.1, 0.15) is 36.5 Å². The number of carbonyl (C=O) groups is 2. The topological polar surface area (TPSA) is 67.4 Å². The van der Waals surface area contributed by atoms with Crippen LogP contribution >= 0.6 is 0 Å². The first kappa shape index (κ1) is 13.4. The van der Waals surface area contributed by atoms with Crippen LogP contribution in [0, 0.1) is 0 Å². The van der Waals surface area contributed by atoms with Gasteiger partial charge in [-0.05, 0) is 43.5 Å². The number of carbonyl (C=O) groups excluding carboxylic acids is 2. The Kier molecular flexibility index (Phi) is 4.39. The lowest BCUT2D eigenvalue weighted by Crippen LogP contribution is -2.30. The van der Waals surface area contributed by atoms with Crippen LogP contribution in [0.2, 0.25) is 0 Å². The average Bonchev–Trinajstić information content (AvgIpc) is 3.20. The maximum Gasteiger partial charge on any atom is 0.338 e. The minimum absolute atomic E-state index is 0.205. The summed E-state index contributed by atoms with van der Waals surface area (Å²) in [6.07, 6.45) is 2.90. The van der Waals surface area contributed by atoms with Gasteiger partial charge in [0.25, 0.3) is 0 Å². The number of esters is 1. The van der Waals surface area contributed by atoms with Crippen molar-refractivity contribution >= 4 is 17.7 Å². The van der Waals surface area contributed by atoms with Crippen molar-refractivity contribution in [1.29, 1.82) is 0 Å². The quantitative estimate of drug-likeness (QED) is 0.801. The SMILES string of the molecule is CCCOC(=O)c1ccc(NC(=O)NC2CC2)cc1. The van der Waals surface area contributed by atoms with Crippen LogP contribution in [0.5, 0.6) is 0 Å². The highest BCUT2D eigenvalue weighted by atomic mass is 16.5. The molecule has 2 amide bonds. The Hall–Kier alpha value is -2.04. The van der Waals surface area contributed by atoms with Gasteiger partial charge in [-0.3, -0.25) is 0 Å². The van der Waals surface area contributed by atoms with Gasteiger partial charge in [0.2, 0.25) is 0 Å². The van der Waals surface area contributed by atoms with Crippen LogP contribution in [-0.2, 0) is 4.74 Å². The summed E-state index contributed by atoms with van der Waals surface area (Å²) in [6.45, 7) is 2.36. The molecule has 0 spiro atoms. The van der Waals surface area contributed by atoms with Crippen molar-refractivity contribution in [3.8, 4) is 0 Å². The number of hydrogen-bond donors (Lipinski definition) is 2. The van der Waals surface area contributed by atoms with Crippen LogP contribution in [-0.4, -0.2) is 24.6 Å². The first-order chi connectivity index (χ1) is 9.19. The number of ether oxygens (including phenoxy) is 1. The van der Waals surface area contributed by atoms with Gasteiger partial charge in [0.15, 0.2) is 0 Å². The molecule has 0 aromatic heterocycles. The van der Waals surface area contributed by atoms with Gasteiger partial charge < -0.3 is 15.4 Å². The molecule has 1 fully saturated rings. The lowest BCUT2D eigenvalue weighted by molar-refractivity contribution is 0.0505. The highest BCUT2D eigenvalue weighted by molar-refractivity contribution is 5.92. The van der Waals surface area contributed by atoms with Crippen molar-refractivity contribution < 1.29 is 14.3 Å². The van der Waals surface area contributed by atoms with E-state index >= 15 is 0 Å². The van der Waals surface area contributed by atoms with Crippen LogP contribution in [0.25, 0.3) is 0 Å². The fraction of sp³-hybridized carbons (Fsp3) is 0.429. The minimum atomic E-state index is -0.337. The summed E-state index contributed by atoms with van der Waals surface area (Å²) in [5, 5.41) is 5.55. The van der Waals surface area contributed by atoms with E-state index in [9.17, 15) is 9.59 Å². The molecule has 1 aromatic rings. The van der Waals surface area contributed by atoms with Crippen LogP contribution < -0.4 is 10.6 Å². The molecule has 0 saturated heterocycles. The zero-order valence-electron chi connectivity index (χ0n) is 10.9. The monoisotopic (exact) mass is 262 g/mol. The molecule has 0 bridgehead atoms. The second-order valence-electron chi connectivity index (χ2n) is 4.59. The zero-order valence-corrected chi connectivity index (χ0v) is 10.9. The molecule has 0 radical (unpaired) electrons. The summed E-state index contributed by atoms with van der Waals surface area (Å²) in [7, 11) is 0. The average molecular weight is 262 g/mol. The van der Waals surface area contributed by atoms with Crippen LogP contribution in [0.3, 0.4) is 0 Å². The first-order valence-electron chi connectivity index (χ1n) is 6.53. The van der Waals surface area contributed by atoms with Crippen molar-refractivity contribution in [3.05, 3.63) is 29.8 Å². The van der Waals surface area contributed by atoms with Gasteiger partial charge in [-0.1, -0.05) is 6.92 Å². The van der Waals surface area contributed by atoms with E-state index < -0.39 is 0 Å². The van der Waals surface area contributed by atoms with Crippen molar-refractivity contribution in [2.24, 2.45) is 0 Å². The molecule has 5 nitrogen and oxygen atoms in total. The maximum atomic E-state index is 11.6. The van der Waals surface area contributed by atoms with Crippen LogP contribution in [0.4, 0.5) is 10.5 Å². The number of rotatable bonds is 5. The van der Waals surface area contributed by atoms with Gasteiger partial charge in [-0.15, -0.1) is 0 Å². The highest BCUT2D eigenvalue weighted by Gasteiger charge is 2.23. The number of amides is 2. The van der Waals surface area contributed by atoms with Gasteiger partial charge in [0.05, 0.1) is 12.2 Å². The Morgan fingerprint density at radius 2 is 1.95 bits per heavy atom. The fourth-order valence-corrected chi connectivity index (χ4v) is 1.55. The third-order valence-corrected chi connectivity index (χ3v) is 2.73. The summed E-state index contributed by atoms with van der Waals surface area (Å²) in [4.78, 5) is 23.1. The fourth-order valence-electron chi connectivity index (χ4n) is 1.55. The molecular weight excluding hydrogens is 244 g/mol. The molecule has 0 atom stereocenters. The Balaban J connectivity index is 1.86. The van der Waals surface area contributed by atoms with E-state index in [0.717, 1.165) is 19.3 Å². The minimum Gasteiger partial charge on any atom is -0.462 e. The number of nitrogens with one attached hydrogen (secondary N) is 2. The Morgan fingerprint density at radius 1 is 1.26 bits per heavy atom. The molecule has 19 heavy (non-hydrogen) atoms. The van der Waals surface area contributed by atoms with Crippen molar-refractivity contribution in [1.82, 2.24) is 5.32 Å². The summed E-state index contributed by atoms with van der Waals surface area (Å²) >= 11 is 0. The van der Waals surface area contributed by atoms with E-state index in [1.54, 1.807) is 24.3 Å². The second-order valence-corrected chi connectivity index (χ2v) is 4.59. The summed E-state index contributed by atoms with van der Waals surface area (Å²) < 4.78 is 5.02. The molecule has 1 aromatic carbocycles. The van der Waals surface area contributed by atoms with E-state index in [1.165, 1.54) is 0 Å². The zero-order chi connectivity index (χ0) is 13.7. The Labute approximate surface area is 112 Å². The molecule has 2 N–H and O–H groups in total. The molecule has 1 saturated carbocycles. The normalized spacial score (nSPS) is 13.7. The van der Waals surface area contributed by atoms with Crippen molar-refractivity contribution in [2.45, 2.75) is 32.2 Å². The van der Waals surface area contributed by atoms with Crippen molar-refractivity contribution in [3.63, 3.8) is 0 Å². The third-order valence-electron chi connectivity index (χ3n) is 2.73. The van der Waals surface area contributed by atoms with E-state index in [2.05, 4.69) is 10.6 Å². The number of benzene rings is 1. The lowest BCUT2D eigenvalue weighted by Gasteiger charge is -2.07. The largest absolute Gasteiger partial charge is 0.462 e. The first-order valence-corrected chi connectivity index (χ1v) is 6.53. The number of hydrogen-bond acceptors (Lipinski definition) is 3. The van der Waals surface area contributed by atoms with Gasteiger partial charge >= 0.3 is 12.0 Å². The molecule has 0 unspecified atom stereocenters. The molecule has 0 heterocycles. The number of urea groups is 1. The Morgan fingerprint density at radius 3 is 2.53 bits per heavy atom. The van der Waals surface area contributed by atoms with E-state index in [4.69, 9.17) is 4.74 Å². The molecule has 0 aliphatic heterocycles. The van der Waals surface area contributed by atoms with Crippen LogP contribution in [0.15, 0.2) is 24.3 Å². The maximum absolute atomic E-state index is 11.6. The van der Waals surface area contributed by atoms with Gasteiger partial charge in [0, 0.05) is 11.7 Å². The van der Waals surface area contributed by atoms with Gasteiger partial charge in [-0.2, -0.15) is 0 Å². The van der Waals surface area contributed by atoms with Crippen molar-refractivity contribution in [2.75, 3.05) is 11.9 Å². The smallest absolute Gasteiger partial charge is 0.338 e. The van der Waals surface area contributed by atoms with E-state index in [0.29, 0.717) is 23.9 Å².